The van der Waals surface area contributed by atoms with Crippen LogP contribution >= 0.6 is 0 Å². The van der Waals surface area contributed by atoms with Crippen LogP contribution in [-0.4, -0.2) is 57.5 Å². The number of amides is 1. The molecule has 162 valence electrons. The molecule has 1 aliphatic rings. The van der Waals surface area contributed by atoms with Gasteiger partial charge in [-0.15, -0.1) is 0 Å². The molecule has 1 fully saturated rings. The van der Waals surface area contributed by atoms with Crippen molar-refractivity contribution in [2.24, 2.45) is 0 Å². The normalized spacial score (nSPS) is 15.7. The van der Waals surface area contributed by atoms with Gasteiger partial charge in [0.15, 0.2) is 0 Å². The number of ether oxygens (including phenoxy) is 1. The van der Waals surface area contributed by atoms with Crippen LogP contribution in [0.4, 0.5) is 4.79 Å². The maximum Gasteiger partial charge on any atom is 0.407 e. The number of nitrogens with zero attached hydrogens (tertiary/aromatic N) is 4. The van der Waals surface area contributed by atoms with Gasteiger partial charge < -0.3 is 15.0 Å². The van der Waals surface area contributed by atoms with E-state index in [9.17, 15) is 9.59 Å². The third-order valence-corrected chi connectivity index (χ3v) is 5.10. The zero-order valence-corrected chi connectivity index (χ0v) is 18.2. The van der Waals surface area contributed by atoms with Crippen molar-refractivity contribution >= 4 is 6.09 Å². The molecule has 1 amide bonds. The lowest BCUT2D eigenvalue weighted by Crippen LogP contribution is -2.42. The lowest BCUT2D eigenvalue weighted by Gasteiger charge is -2.32. The van der Waals surface area contributed by atoms with E-state index in [0.29, 0.717) is 6.54 Å². The molecule has 0 bridgehead atoms. The predicted molar refractivity (Wildman–Crippen MR) is 115 cm³/mol. The summed E-state index contributed by atoms with van der Waals surface area (Å²) in [4.78, 5) is 30.7. The molecular formula is C22H31N5O3. The molecule has 2 aromatic rings. The van der Waals surface area contributed by atoms with Crippen LogP contribution < -0.4 is 10.9 Å². The minimum absolute atomic E-state index is 0.0599. The van der Waals surface area contributed by atoms with Crippen LogP contribution in [0.2, 0.25) is 0 Å². The Morgan fingerprint density at radius 3 is 2.53 bits per heavy atom. The van der Waals surface area contributed by atoms with Gasteiger partial charge in [-0.3, -0.25) is 9.78 Å². The van der Waals surface area contributed by atoms with Gasteiger partial charge in [0.1, 0.15) is 5.60 Å². The summed E-state index contributed by atoms with van der Waals surface area (Å²) in [6, 6.07) is 5.56. The Hall–Kier alpha value is -2.74. The first-order chi connectivity index (χ1) is 14.2. The van der Waals surface area contributed by atoms with Gasteiger partial charge in [0.25, 0.3) is 5.56 Å². The van der Waals surface area contributed by atoms with Gasteiger partial charge in [-0.1, -0.05) is 0 Å². The van der Waals surface area contributed by atoms with Crippen molar-refractivity contribution in [2.45, 2.75) is 52.2 Å². The molecular weight excluding hydrogens is 382 g/mol. The molecule has 1 saturated heterocycles. The number of piperidine rings is 1. The standard InChI is InChI=1S/C22H31N5O3/c1-16-15-19(28)27(25-20(16)17-5-9-23-10-6-17)18-7-12-26(13-8-18)14-11-24-21(29)30-22(2,3)4/h5-6,9-10,15,18H,7-8,11-14H2,1-4H3,(H,24,29). The number of carbonyl (C=O) groups excluding carboxylic acids is 1. The zero-order valence-electron chi connectivity index (χ0n) is 18.2. The Labute approximate surface area is 177 Å². The highest BCUT2D eigenvalue weighted by molar-refractivity contribution is 5.67. The number of aromatic nitrogens is 3. The number of pyridine rings is 1. The molecule has 2 aromatic heterocycles. The molecule has 3 rings (SSSR count). The smallest absolute Gasteiger partial charge is 0.407 e. The van der Waals surface area contributed by atoms with E-state index >= 15 is 0 Å². The molecule has 0 atom stereocenters. The highest BCUT2D eigenvalue weighted by Crippen LogP contribution is 2.23. The van der Waals surface area contributed by atoms with Gasteiger partial charge in [-0.25, -0.2) is 9.48 Å². The third kappa shape index (κ3) is 5.89. The first kappa shape index (κ1) is 22.0. The number of hydrogen-bond donors (Lipinski definition) is 1. The van der Waals surface area contributed by atoms with E-state index in [1.54, 1.807) is 23.1 Å². The quantitative estimate of drug-likeness (QED) is 0.811. The monoisotopic (exact) mass is 413 g/mol. The second kappa shape index (κ2) is 9.38. The molecule has 0 aliphatic carbocycles. The van der Waals surface area contributed by atoms with Gasteiger partial charge in [-0.05, 0) is 58.2 Å². The summed E-state index contributed by atoms with van der Waals surface area (Å²) in [6.45, 7) is 10.4. The van der Waals surface area contributed by atoms with E-state index in [-0.39, 0.29) is 11.6 Å². The van der Waals surface area contributed by atoms with E-state index in [1.807, 2.05) is 39.8 Å². The Bertz CT molecular complexity index is 913. The van der Waals surface area contributed by atoms with Crippen LogP contribution in [0.3, 0.4) is 0 Å². The summed E-state index contributed by atoms with van der Waals surface area (Å²) < 4.78 is 6.89. The zero-order chi connectivity index (χ0) is 21.7. The first-order valence-corrected chi connectivity index (χ1v) is 10.4. The molecule has 0 aromatic carbocycles. The van der Waals surface area contributed by atoms with E-state index in [4.69, 9.17) is 9.84 Å². The summed E-state index contributed by atoms with van der Waals surface area (Å²) in [5.74, 6) is 0. The van der Waals surface area contributed by atoms with Crippen molar-refractivity contribution in [2.75, 3.05) is 26.2 Å². The van der Waals surface area contributed by atoms with Gasteiger partial charge in [0, 0.05) is 50.2 Å². The van der Waals surface area contributed by atoms with Crippen molar-refractivity contribution in [1.82, 2.24) is 25.0 Å². The average molecular weight is 414 g/mol. The van der Waals surface area contributed by atoms with Crippen molar-refractivity contribution in [1.29, 1.82) is 0 Å². The number of nitrogens with one attached hydrogen (secondary N) is 1. The van der Waals surface area contributed by atoms with Crippen LogP contribution in [0, 0.1) is 6.92 Å². The molecule has 8 nitrogen and oxygen atoms in total. The molecule has 1 N–H and O–H groups in total. The summed E-state index contributed by atoms with van der Waals surface area (Å²) >= 11 is 0. The Morgan fingerprint density at radius 2 is 1.90 bits per heavy atom. The highest BCUT2D eigenvalue weighted by atomic mass is 16.6. The molecule has 0 radical (unpaired) electrons. The number of hydrogen-bond acceptors (Lipinski definition) is 6. The van der Waals surface area contributed by atoms with Gasteiger partial charge in [0.05, 0.1) is 11.7 Å². The SMILES string of the molecule is Cc1cc(=O)n(C2CCN(CCNC(=O)OC(C)(C)C)CC2)nc1-c1ccncc1. The van der Waals surface area contributed by atoms with Gasteiger partial charge >= 0.3 is 6.09 Å². The summed E-state index contributed by atoms with van der Waals surface area (Å²) in [5, 5.41) is 7.49. The average Bonchev–Trinajstić information content (AvgIpc) is 2.68. The molecule has 1 aliphatic heterocycles. The number of alkyl carbamates (subject to hydrolysis) is 1. The molecule has 3 heterocycles. The van der Waals surface area contributed by atoms with E-state index in [1.165, 1.54) is 0 Å². The van der Waals surface area contributed by atoms with Crippen LogP contribution in [0.5, 0.6) is 0 Å². The van der Waals surface area contributed by atoms with Gasteiger partial charge in [-0.2, -0.15) is 5.10 Å². The Morgan fingerprint density at radius 1 is 1.23 bits per heavy atom. The maximum absolute atomic E-state index is 12.6. The first-order valence-electron chi connectivity index (χ1n) is 10.4. The Balaban J connectivity index is 1.56. The number of rotatable bonds is 5. The van der Waals surface area contributed by atoms with Crippen molar-refractivity contribution in [3.8, 4) is 11.3 Å². The van der Waals surface area contributed by atoms with Gasteiger partial charge in [0.2, 0.25) is 0 Å². The van der Waals surface area contributed by atoms with Crippen LogP contribution in [0.25, 0.3) is 11.3 Å². The van der Waals surface area contributed by atoms with E-state index < -0.39 is 11.7 Å². The van der Waals surface area contributed by atoms with Crippen molar-refractivity contribution < 1.29 is 9.53 Å². The molecule has 0 spiro atoms. The number of likely N-dealkylation sites (tertiary alicyclic amines) is 1. The molecule has 0 unspecified atom stereocenters. The second-order valence-electron chi connectivity index (χ2n) is 8.70. The van der Waals surface area contributed by atoms with E-state index in [2.05, 4.69) is 15.2 Å². The summed E-state index contributed by atoms with van der Waals surface area (Å²) in [6.07, 6.45) is 4.76. The summed E-state index contributed by atoms with van der Waals surface area (Å²) in [7, 11) is 0. The minimum atomic E-state index is -0.494. The van der Waals surface area contributed by atoms with Crippen LogP contribution in [0.15, 0.2) is 35.4 Å². The lowest BCUT2D eigenvalue weighted by atomic mass is 10.0. The fourth-order valence-electron chi connectivity index (χ4n) is 3.63. The number of carbonyl (C=O) groups is 1. The van der Waals surface area contributed by atoms with Crippen LogP contribution in [0.1, 0.15) is 45.2 Å². The number of aryl methyl sites for hydroxylation is 1. The minimum Gasteiger partial charge on any atom is -0.444 e. The largest absolute Gasteiger partial charge is 0.444 e. The maximum atomic E-state index is 12.6. The fraction of sp³-hybridized carbons (Fsp3) is 0.545. The molecule has 0 saturated carbocycles. The topological polar surface area (TPSA) is 89.4 Å². The molecule has 8 heteroatoms. The fourth-order valence-corrected chi connectivity index (χ4v) is 3.63. The van der Waals surface area contributed by atoms with Crippen molar-refractivity contribution in [3.05, 3.63) is 46.5 Å². The molecule has 30 heavy (non-hydrogen) atoms. The predicted octanol–water partition coefficient (Wildman–Crippen LogP) is 2.78. The third-order valence-electron chi connectivity index (χ3n) is 5.10. The highest BCUT2D eigenvalue weighted by Gasteiger charge is 2.23. The summed E-state index contributed by atoms with van der Waals surface area (Å²) in [5.41, 5.74) is 2.10. The lowest BCUT2D eigenvalue weighted by molar-refractivity contribution is 0.0519. The van der Waals surface area contributed by atoms with Crippen molar-refractivity contribution in [3.63, 3.8) is 0 Å². The second-order valence-corrected chi connectivity index (χ2v) is 8.70. The van der Waals surface area contributed by atoms with Crippen LogP contribution in [-0.2, 0) is 4.74 Å². The van der Waals surface area contributed by atoms with E-state index in [0.717, 1.165) is 49.3 Å². The Kier molecular flexibility index (Phi) is 6.87.